The van der Waals surface area contributed by atoms with E-state index < -0.39 is 11.6 Å². The second kappa shape index (κ2) is 9.40. The minimum absolute atomic E-state index is 0.0581. The van der Waals surface area contributed by atoms with Crippen LogP contribution in [0.2, 0.25) is 0 Å². The van der Waals surface area contributed by atoms with Gasteiger partial charge in [0.05, 0.1) is 18.0 Å². The van der Waals surface area contributed by atoms with Crippen molar-refractivity contribution in [1.29, 1.82) is 0 Å². The van der Waals surface area contributed by atoms with E-state index in [9.17, 15) is 13.6 Å². The van der Waals surface area contributed by atoms with E-state index in [4.69, 9.17) is 0 Å². The Morgan fingerprint density at radius 1 is 1.15 bits per heavy atom. The lowest BCUT2D eigenvalue weighted by Crippen LogP contribution is -2.15. The van der Waals surface area contributed by atoms with Crippen LogP contribution < -0.4 is 5.32 Å². The first-order chi connectivity index (χ1) is 16.1. The lowest BCUT2D eigenvalue weighted by Gasteiger charge is -2.10. The zero-order valence-electron chi connectivity index (χ0n) is 17.4. The minimum atomic E-state index is -0.570. The molecule has 1 N–H and O–H groups in total. The second-order valence-corrected chi connectivity index (χ2v) is 9.49. The monoisotopic (exact) mass is 483 g/mol. The number of nitrogens with zero attached hydrogens (tertiary/aromatic N) is 4. The summed E-state index contributed by atoms with van der Waals surface area (Å²) in [5.74, 6) is 0.138. The second-order valence-electron chi connectivity index (χ2n) is 7.69. The summed E-state index contributed by atoms with van der Waals surface area (Å²) in [6, 6.07) is 13.3. The third kappa shape index (κ3) is 5.12. The van der Waals surface area contributed by atoms with E-state index in [0.717, 1.165) is 53.8 Å². The van der Waals surface area contributed by atoms with E-state index in [1.54, 1.807) is 5.38 Å². The van der Waals surface area contributed by atoms with Crippen molar-refractivity contribution in [2.45, 2.75) is 30.5 Å². The van der Waals surface area contributed by atoms with Gasteiger partial charge in [-0.3, -0.25) is 4.79 Å². The summed E-state index contributed by atoms with van der Waals surface area (Å²) in [6.45, 7) is 0.651. The Kier molecular flexibility index (Phi) is 6.19. The van der Waals surface area contributed by atoms with E-state index in [2.05, 4.69) is 37.2 Å². The summed E-state index contributed by atoms with van der Waals surface area (Å²) in [5, 5.41) is 14.0. The molecule has 6 nitrogen and oxygen atoms in total. The highest BCUT2D eigenvalue weighted by molar-refractivity contribution is 7.99. The highest BCUT2D eigenvalue weighted by Crippen LogP contribution is 2.40. The molecule has 1 fully saturated rings. The van der Waals surface area contributed by atoms with Crippen LogP contribution in [-0.4, -0.2) is 31.4 Å². The predicted octanol–water partition coefficient (Wildman–Crippen LogP) is 5.34. The number of hydrogen-bond donors (Lipinski definition) is 1. The number of hydrogen-bond acceptors (Lipinski definition) is 6. The molecule has 0 bridgehead atoms. The van der Waals surface area contributed by atoms with E-state index >= 15 is 0 Å². The van der Waals surface area contributed by atoms with Gasteiger partial charge in [0.1, 0.15) is 17.5 Å². The Bertz CT molecular complexity index is 1290. The molecule has 33 heavy (non-hydrogen) atoms. The number of aromatic nitrogens is 4. The largest absolute Gasteiger partial charge is 0.301 e. The van der Waals surface area contributed by atoms with Gasteiger partial charge in [-0.2, -0.15) is 0 Å². The maximum atomic E-state index is 14.0. The van der Waals surface area contributed by atoms with Crippen LogP contribution >= 0.6 is 23.1 Å². The van der Waals surface area contributed by atoms with Crippen LogP contribution in [0, 0.1) is 11.6 Å². The Labute approximate surface area is 197 Å². The minimum Gasteiger partial charge on any atom is -0.301 e. The summed E-state index contributed by atoms with van der Waals surface area (Å²) in [7, 11) is 0. The Hall–Kier alpha value is -3.11. The maximum absolute atomic E-state index is 14.0. The van der Waals surface area contributed by atoms with Gasteiger partial charge in [0.15, 0.2) is 10.3 Å². The number of thioether (sulfide) groups is 1. The molecule has 0 unspecified atom stereocenters. The Morgan fingerprint density at radius 2 is 1.97 bits per heavy atom. The van der Waals surface area contributed by atoms with Gasteiger partial charge in [-0.25, -0.2) is 13.8 Å². The standard InChI is InChI=1S/C23H19F2N5OS2/c24-16-8-9-18(25)17(10-16)19-12-32-22(26-19)27-20(31)13-33-23-29-28-21(15-6-7-15)30(23)11-14-4-2-1-3-5-14/h1-5,8-10,12,15H,6-7,11,13H2,(H,26,27,31). The summed E-state index contributed by atoms with van der Waals surface area (Å²) in [6.07, 6.45) is 2.22. The molecule has 0 spiro atoms. The maximum Gasteiger partial charge on any atom is 0.236 e. The molecular formula is C23H19F2N5OS2. The molecular weight excluding hydrogens is 464 g/mol. The van der Waals surface area contributed by atoms with Crippen molar-refractivity contribution in [2.24, 2.45) is 0 Å². The number of nitrogens with one attached hydrogen (secondary N) is 1. The molecule has 2 aromatic heterocycles. The van der Waals surface area contributed by atoms with Gasteiger partial charge in [0, 0.05) is 16.9 Å². The number of rotatable bonds is 8. The number of halogens is 2. The molecule has 168 valence electrons. The third-order valence-electron chi connectivity index (χ3n) is 5.16. The van der Waals surface area contributed by atoms with Crippen LogP contribution in [0.4, 0.5) is 13.9 Å². The summed E-state index contributed by atoms with van der Waals surface area (Å²) < 4.78 is 29.5. The van der Waals surface area contributed by atoms with Crippen LogP contribution in [0.25, 0.3) is 11.3 Å². The Morgan fingerprint density at radius 3 is 2.76 bits per heavy atom. The van der Waals surface area contributed by atoms with Crippen molar-refractivity contribution in [1.82, 2.24) is 19.7 Å². The van der Waals surface area contributed by atoms with E-state index in [1.807, 2.05) is 18.2 Å². The number of anilines is 1. The molecule has 1 saturated carbocycles. The fraction of sp³-hybridized carbons (Fsp3) is 0.217. The van der Waals surface area contributed by atoms with Crippen molar-refractivity contribution in [3.05, 3.63) is 76.9 Å². The molecule has 10 heteroatoms. The molecule has 2 aromatic carbocycles. The van der Waals surface area contributed by atoms with Gasteiger partial charge in [0.25, 0.3) is 0 Å². The molecule has 4 aromatic rings. The highest BCUT2D eigenvalue weighted by Gasteiger charge is 2.30. The third-order valence-corrected chi connectivity index (χ3v) is 6.88. The average molecular weight is 484 g/mol. The van der Waals surface area contributed by atoms with E-state index in [-0.39, 0.29) is 22.9 Å². The zero-order valence-corrected chi connectivity index (χ0v) is 19.0. The first-order valence-electron chi connectivity index (χ1n) is 10.4. The van der Waals surface area contributed by atoms with Gasteiger partial charge in [-0.1, -0.05) is 42.1 Å². The SMILES string of the molecule is O=C(CSc1nnc(C2CC2)n1Cc1ccccc1)Nc1nc(-c2cc(F)ccc2F)cs1. The van der Waals surface area contributed by atoms with Gasteiger partial charge < -0.3 is 9.88 Å². The Balaban J connectivity index is 1.25. The van der Waals surface area contributed by atoms with Gasteiger partial charge >= 0.3 is 0 Å². The van der Waals surface area contributed by atoms with Crippen molar-refractivity contribution in [3.63, 3.8) is 0 Å². The van der Waals surface area contributed by atoms with Crippen LogP contribution in [0.1, 0.15) is 30.1 Å². The summed E-state index contributed by atoms with van der Waals surface area (Å²) in [5.41, 5.74) is 1.48. The topological polar surface area (TPSA) is 72.7 Å². The first kappa shape index (κ1) is 21.7. The number of amides is 1. The lowest BCUT2D eigenvalue weighted by molar-refractivity contribution is -0.113. The van der Waals surface area contributed by atoms with Crippen LogP contribution in [0.5, 0.6) is 0 Å². The molecule has 0 aliphatic heterocycles. The van der Waals surface area contributed by atoms with Crippen molar-refractivity contribution >= 4 is 34.1 Å². The van der Waals surface area contributed by atoms with Crippen molar-refractivity contribution in [3.8, 4) is 11.3 Å². The molecule has 0 radical (unpaired) electrons. The normalized spacial score (nSPS) is 13.3. The number of carbonyl (C=O) groups excluding carboxylic acids is 1. The van der Waals surface area contributed by atoms with E-state index in [1.165, 1.54) is 11.8 Å². The van der Waals surface area contributed by atoms with Crippen LogP contribution in [-0.2, 0) is 11.3 Å². The number of thiazole rings is 1. The van der Waals surface area contributed by atoms with Crippen molar-refractivity contribution < 1.29 is 13.6 Å². The molecule has 2 heterocycles. The average Bonchev–Trinajstić information content (AvgIpc) is 3.43. The molecule has 1 aliphatic carbocycles. The molecule has 0 saturated heterocycles. The number of carbonyl (C=O) groups is 1. The van der Waals surface area contributed by atoms with Crippen LogP contribution in [0.15, 0.2) is 59.1 Å². The molecule has 5 rings (SSSR count). The smallest absolute Gasteiger partial charge is 0.236 e. The molecule has 0 atom stereocenters. The van der Waals surface area contributed by atoms with Crippen LogP contribution in [0.3, 0.4) is 0 Å². The van der Waals surface area contributed by atoms with E-state index in [0.29, 0.717) is 22.8 Å². The summed E-state index contributed by atoms with van der Waals surface area (Å²) >= 11 is 2.47. The quantitative estimate of drug-likeness (QED) is 0.343. The fourth-order valence-corrected chi connectivity index (χ4v) is 4.87. The predicted molar refractivity (Wildman–Crippen MR) is 124 cm³/mol. The van der Waals surface area contributed by atoms with Crippen molar-refractivity contribution in [2.75, 3.05) is 11.1 Å². The molecule has 1 amide bonds. The highest BCUT2D eigenvalue weighted by atomic mass is 32.2. The van der Waals surface area contributed by atoms with Gasteiger partial charge in [-0.15, -0.1) is 21.5 Å². The number of benzene rings is 2. The zero-order chi connectivity index (χ0) is 22.8. The summed E-state index contributed by atoms with van der Waals surface area (Å²) in [4.78, 5) is 16.7. The lowest BCUT2D eigenvalue weighted by atomic mass is 10.1. The van der Waals surface area contributed by atoms with Gasteiger partial charge in [-0.05, 0) is 36.6 Å². The first-order valence-corrected chi connectivity index (χ1v) is 12.2. The molecule has 1 aliphatic rings. The van der Waals surface area contributed by atoms with Gasteiger partial charge in [0.2, 0.25) is 5.91 Å². The fourth-order valence-electron chi connectivity index (χ4n) is 3.40.